The Morgan fingerprint density at radius 2 is 2.05 bits per heavy atom. The van der Waals surface area contributed by atoms with Crippen molar-refractivity contribution >= 4 is 11.9 Å². The van der Waals surface area contributed by atoms with E-state index in [9.17, 15) is 9.59 Å². The number of para-hydroxylation sites is 1. The number of carbonyl (C=O) groups is 2. The summed E-state index contributed by atoms with van der Waals surface area (Å²) in [6.45, 7) is 2.93. The zero-order valence-electron chi connectivity index (χ0n) is 12.5. The van der Waals surface area contributed by atoms with Gasteiger partial charge in [-0.3, -0.25) is 4.79 Å². The van der Waals surface area contributed by atoms with Crippen LogP contribution in [0.25, 0.3) is 0 Å². The van der Waals surface area contributed by atoms with Crippen LogP contribution in [0.2, 0.25) is 0 Å². The first-order valence-electron chi connectivity index (χ1n) is 7.29. The summed E-state index contributed by atoms with van der Waals surface area (Å²) < 4.78 is 10.3. The number of esters is 1. The summed E-state index contributed by atoms with van der Waals surface area (Å²) in [5.41, 5.74) is 0.496. The van der Waals surface area contributed by atoms with E-state index in [-0.39, 0.29) is 11.9 Å². The van der Waals surface area contributed by atoms with E-state index in [2.05, 4.69) is 0 Å². The van der Waals surface area contributed by atoms with E-state index in [0.717, 1.165) is 12.8 Å². The van der Waals surface area contributed by atoms with Gasteiger partial charge in [0.15, 0.2) is 0 Å². The lowest BCUT2D eigenvalue weighted by molar-refractivity contribution is -0.147. The Bertz CT molecular complexity index is 515. The molecule has 114 valence electrons. The fraction of sp³-hybridized carbons (Fsp3) is 0.500. The summed E-state index contributed by atoms with van der Waals surface area (Å²) in [4.78, 5) is 26.2. The van der Waals surface area contributed by atoms with Crippen LogP contribution in [0.3, 0.4) is 0 Å². The molecule has 0 unspecified atom stereocenters. The number of methoxy groups -OCH3 is 1. The van der Waals surface area contributed by atoms with Gasteiger partial charge in [0.05, 0.1) is 19.3 Å². The Morgan fingerprint density at radius 1 is 1.29 bits per heavy atom. The summed E-state index contributed by atoms with van der Waals surface area (Å²) in [7, 11) is 1.35. The average molecular weight is 291 g/mol. The summed E-state index contributed by atoms with van der Waals surface area (Å²) >= 11 is 0. The lowest BCUT2D eigenvalue weighted by Gasteiger charge is -2.34. The van der Waals surface area contributed by atoms with Crippen molar-refractivity contribution in [3.05, 3.63) is 29.8 Å². The van der Waals surface area contributed by atoms with Crippen molar-refractivity contribution in [3.8, 4) is 5.75 Å². The molecule has 1 aliphatic rings. The van der Waals surface area contributed by atoms with E-state index in [1.54, 1.807) is 23.1 Å². The molecule has 0 aliphatic carbocycles. The van der Waals surface area contributed by atoms with E-state index >= 15 is 0 Å². The van der Waals surface area contributed by atoms with E-state index in [1.807, 2.05) is 13.0 Å². The monoisotopic (exact) mass is 291 g/mol. The SMILES string of the molecule is CCOc1ccccc1C(=O)N1CCCC[C@@H]1C(=O)OC. The van der Waals surface area contributed by atoms with E-state index in [0.29, 0.717) is 30.9 Å². The first-order chi connectivity index (χ1) is 10.2. The number of amides is 1. The molecule has 0 spiro atoms. The molecular weight excluding hydrogens is 270 g/mol. The van der Waals surface area contributed by atoms with Crippen molar-refractivity contribution in [2.75, 3.05) is 20.3 Å². The summed E-state index contributed by atoms with van der Waals surface area (Å²) in [6.07, 6.45) is 2.47. The summed E-state index contributed by atoms with van der Waals surface area (Å²) in [6, 6.07) is 6.64. The van der Waals surface area contributed by atoms with E-state index in [1.165, 1.54) is 7.11 Å². The highest BCUT2D eigenvalue weighted by Gasteiger charge is 2.34. The third-order valence-electron chi connectivity index (χ3n) is 3.65. The quantitative estimate of drug-likeness (QED) is 0.798. The molecule has 5 nitrogen and oxygen atoms in total. The van der Waals surface area contributed by atoms with E-state index < -0.39 is 6.04 Å². The van der Waals surface area contributed by atoms with Crippen LogP contribution in [0, 0.1) is 0 Å². The fourth-order valence-corrected chi connectivity index (χ4v) is 2.64. The third kappa shape index (κ3) is 3.35. The van der Waals surface area contributed by atoms with Gasteiger partial charge in [-0.15, -0.1) is 0 Å². The topological polar surface area (TPSA) is 55.8 Å². The third-order valence-corrected chi connectivity index (χ3v) is 3.65. The lowest BCUT2D eigenvalue weighted by atomic mass is 10.0. The Morgan fingerprint density at radius 3 is 2.76 bits per heavy atom. The predicted molar refractivity (Wildman–Crippen MR) is 78.3 cm³/mol. The molecule has 21 heavy (non-hydrogen) atoms. The zero-order valence-corrected chi connectivity index (χ0v) is 12.5. The van der Waals surface area contributed by atoms with Gasteiger partial charge in [-0.05, 0) is 38.3 Å². The van der Waals surface area contributed by atoms with Crippen LogP contribution >= 0.6 is 0 Å². The number of carbonyl (C=O) groups excluding carboxylic acids is 2. The van der Waals surface area contributed by atoms with Crippen LogP contribution in [0.15, 0.2) is 24.3 Å². The molecule has 5 heteroatoms. The Labute approximate surface area is 124 Å². The minimum atomic E-state index is -0.495. The molecular formula is C16H21NO4. The molecule has 0 bridgehead atoms. The highest BCUT2D eigenvalue weighted by Crippen LogP contribution is 2.25. The van der Waals surface area contributed by atoms with Gasteiger partial charge in [0.1, 0.15) is 11.8 Å². The van der Waals surface area contributed by atoms with Crippen LogP contribution in [-0.4, -0.2) is 43.1 Å². The number of nitrogens with zero attached hydrogens (tertiary/aromatic N) is 1. The van der Waals surface area contributed by atoms with Crippen LogP contribution in [0.1, 0.15) is 36.5 Å². The maximum Gasteiger partial charge on any atom is 0.328 e. The minimum Gasteiger partial charge on any atom is -0.493 e. The molecule has 1 atom stereocenters. The molecule has 2 rings (SSSR count). The highest BCUT2D eigenvalue weighted by atomic mass is 16.5. The van der Waals surface area contributed by atoms with Gasteiger partial charge < -0.3 is 14.4 Å². The Balaban J connectivity index is 2.27. The lowest BCUT2D eigenvalue weighted by Crippen LogP contribution is -2.48. The van der Waals surface area contributed by atoms with Crippen molar-refractivity contribution in [1.82, 2.24) is 4.90 Å². The van der Waals surface area contributed by atoms with Crippen molar-refractivity contribution in [2.24, 2.45) is 0 Å². The number of likely N-dealkylation sites (tertiary alicyclic amines) is 1. The Kier molecular flexibility index (Phi) is 5.20. The molecule has 1 saturated heterocycles. The van der Waals surface area contributed by atoms with Crippen molar-refractivity contribution in [3.63, 3.8) is 0 Å². The molecule has 0 saturated carbocycles. The number of hydrogen-bond donors (Lipinski definition) is 0. The molecule has 1 heterocycles. The van der Waals surface area contributed by atoms with Gasteiger partial charge in [0.25, 0.3) is 5.91 Å². The van der Waals surface area contributed by atoms with Gasteiger partial charge in [0, 0.05) is 6.54 Å². The van der Waals surface area contributed by atoms with Gasteiger partial charge in [-0.1, -0.05) is 12.1 Å². The standard InChI is InChI=1S/C16H21NO4/c1-3-21-14-10-5-4-8-12(14)15(18)17-11-7-6-9-13(17)16(19)20-2/h4-5,8,10,13H,3,6-7,9,11H2,1-2H3/t13-/m1/s1. The second kappa shape index (κ2) is 7.11. The smallest absolute Gasteiger partial charge is 0.328 e. The predicted octanol–water partition coefficient (Wildman–Crippen LogP) is 2.25. The largest absolute Gasteiger partial charge is 0.493 e. The number of hydrogen-bond acceptors (Lipinski definition) is 4. The van der Waals surface area contributed by atoms with Crippen LogP contribution in [-0.2, 0) is 9.53 Å². The molecule has 1 amide bonds. The number of ether oxygens (including phenoxy) is 2. The maximum atomic E-state index is 12.8. The van der Waals surface area contributed by atoms with E-state index in [4.69, 9.17) is 9.47 Å². The molecule has 1 aromatic rings. The molecule has 0 N–H and O–H groups in total. The molecule has 1 aliphatic heterocycles. The van der Waals surface area contributed by atoms with Gasteiger partial charge >= 0.3 is 5.97 Å². The normalized spacial score (nSPS) is 18.2. The van der Waals surface area contributed by atoms with Crippen LogP contribution in [0.4, 0.5) is 0 Å². The first kappa shape index (κ1) is 15.4. The number of rotatable bonds is 4. The fourth-order valence-electron chi connectivity index (χ4n) is 2.64. The van der Waals surface area contributed by atoms with Crippen molar-refractivity contribution < 1.29 is 19.1 Å². The second-order valence-corrected chi connectivity index (χ2v) is 4.96. The Hall–Kier alpha value is -2.04. The molecule has 0 radical (unpaired) electrons. The van der Waals surface area contributed by atoms with Crippen molar-refractivity contribution in [1.29, 1.82) is 0 Å². The summed E-state index contributed by atoms with van der Waals surface area (Å²) in [5.74, 6) is 0.0327. The van der Waals surface area contributed by atoms with Gasteiger partial charge in [-0.25, -0.2) is 4.79 Å². The number of piperidine rings is 1. The average Bonchev–Trinajstić information content (AvgIpc) is 2.54. The van der Waals surface area contributed by atoms with Crippen LogP contribution < -0.4 is 4.74 Å². The zero-order chi connectivity index (χ0) is 15.2. The van der Waals surface area contributed by atoms with Crippen LogP contribution in [0.5, 0.6) is 5.75 Å². The minimum absolute atomic E-state index is 0.172. The number of benzene rings is 1. The maximum absolute atomic E-state index is 12.8. The van der Waals surface area contributed by atoms with Crippen molar-refractivity contribution in [2.45, 2.75) is 32.2 Å². The first-order valence-corrected chi connectivity index (χ1v) is 7.29. The van der Waals surface area contributed by atoms with Gasteiger partial charge in [-0.2, -0.15) is 0 Å². The summed E-state index contributed by atoms with van der Waals surface area (Å²) in [5, 5.41) is 0. The highest BCUT2D eigenvalue weighted by molar-refractivity contribution is 5.99. The van der Waals surface area contributed by atoms with Gasteiger partial charge in [0.2, 0.25) is 0 Å². The second-order valence-electron chi connectivity index (χ2n) is 4.96. The molecule has 1 fully saturated rings. The molecule has 1 aromatic carbocycles. The molecule has 0 aromatic heterocycles.